The number of anilines is 1. The number of thiocarbonyl (C=S) groups is 1. The van der Waals surface area contributed by atoms with E-state index in [1.54, 1.807) is 17.2 Å². The van der Waals surface area contributed by atoms with Crippen molar-refractivity contribution in [2.75, 3.05) is 25.0 Å². The molecule has 2 aliphatic heterocycles. The largest absolute Gasteiger partial charge is 0.376 e. The van der Waals surface area contributed by atoms with Gasteiger partial charge >= 0.3 is 0 Å². The summed E-state index contributed by atoms with van der Waals surface area (Å²) in [5.74, 6) is 0.332. The zero-order valence-corrected chi connectivity index (χ0v) is 21.5. The fourth-order valence-electron chi connectivity index (χ4n) is 4.24. The lowest BCUT2D eigenvalue weighted by Gasteiger charge is -2.15. The van der Waals surface area contributed by atoms with E-state index in [0.29, 0.717) is 39.3 Å². The predicted molar refractivity (Wildman–Crippen MR) is 142 cm³/mol. The smallest absolute Gasteiger partial charge is 0.267 e. The van der Waals surface area contributed by atoms with Crippen LogP contribution in [0, 0.1) is 6.92 Å². The Morgan fingerprint density at radius 1 is 1.26 bits per heavy atom. The maximum absolute atomic E-state index is 13.5. The summed E-state index contributed by atoms with van der Waals surface area (Å²) in [6, 6.07) is 3.76. The van der Waals surface area contributed by atoms with Crippen molar-refractivity contribution in [2.24, 2.45) is 0 Å². The Bertz CT molecular complexity index is 1150. The van der Waals surface area contributed by atoms with E-state index in [2.05, 4.69) is 12.2 Å². The van der Waals surface area contributed by atoms with Crippen molar-refractivity contribution in [1.82, 2.24) is 14.3 Å². The first kappa shape index (κ1) is 24.9. The molecule has 0 aromatic carbocycles. The Balaban J connectivity index is 1.61. The highest BCUT2D eigenvalue weighted by Crippen LogP contribution is 2.33. The highest BCUT2D eigenvalue weighted by Gasteiger charge is 2.32. The molecule has 0 bridgehead atoms. The number of aryl methyl sites for hydroxylation is 1. The molecule has 1 amide bonds. The van der Waals surface area contributed by atoms with Crippen LogP contribution in [0.3, 0.4) is 0 Å². The summed E-state index contributed by atoms with van der Waals surface area (Å²) in [5, 5.41) is 3.31. The van der Waals surface area contributed by atoms with Gasteiger partial charge in [0.2, 0.25) is 0 Å². The SMILES string of the molecule is CCCCCCCN1C(=O)/C(=C\c2c(NCC3CCCO3)nc3ccc(C)cn3c2=O)SC1=S. The summed E-state index contributed by atoms with van der Waals surface area (Å²) in [4.78, 5) is 33.4. The highest BCUT2D eigenvalue weighted by atomic mass is 32.2. The van der Waals surface area contributed by atoms with Gasteiger partial charge in [-0.3, -0.25) is 18.9 Å². The van der Waals surface area contributed by atoms with Gasteiger partial charge in [-0.25, -0.2) is 4.98 Å². The zero-order chi connectivity index (χ0) is 24.1. The van der Waals surface area contributed by atoms with Crippen LogP contribution >= 0.6 is 24.0 Å². The molecule has 1 atom stereocenters. The molecule has 2 aliphatic rings. The molecule has 0 aliphatic carbocycles. The van der Waals surface area contributed by atoms with Gasteiger partial charge in [0.05, 0.1) is 16.6 Å². The Labute approximate surface area is 210 Å². The molecule has 4 rings (SSSR count). The average molecular weight is 501 g/mol. The number of carbonyl (C=O) groups is 1. The van der Waals surface area contributed by atoms with Gasteiger partial charge in [-0.15, -0.1) is 0 Å². The predicted octanol–water partition coefficient (Wildman–Crippen LogP) is 4.77. The van der Waals surface area contributed by atoms with E-state index in [1.807, 2.05) is 19.1 Å². The van der Waals surface area contributed by atoms with Gasteiger partial charge in [0.1, 0.15) is 15.8 Å². The molecule has 2 aromatic heterocycles. The number of fused-ring (bicyclic) bond motifs is 1. The van der Waals surface area contributed by atoms with Crippen molar-refractivity contribution >= 4 is 51.7 Å². The van der Waals surface area contributed by atoms with Crippen LogP contribution in [0.25, 0.3) is 11.7 Å². The van der Waals surface area contributed by atoms with Crippen LogP contribution in [0.1, 0.15) is 63.0 Å². The number of pyridine rings is 1. The van der Waals surface area contributed by atoms with E-state index >= 15 is 0 Å². The molecule has 182 valence electrons. The van der Waals surface area contributed by atoms with E-state index in [1.165, 1.54) is 35.4 Å². The summed E-state index contributed by atoms with van der Waals surface area (Å²) in [7, 11) is 0. The highest BCUT2D eigenvalue weighted by molar-refractivity contribution is 8.26. The third-order valence-electron chi connectivity index (χ3n) is 6.16. The molecule has 34 heavy (non-hydrogen) atoms. The van der Waals surface area contributed by atoms with Crippen molar-refractivity contribution in [3.8, 4) is 0 Å². The summed E-state index contributed by atoms with van der Waals surface area (Å²) < 4.78 is 7.80. The van der Waals surface area contributed by atoms with Gasteiger partial charge in [0.15, 0.2) is 0 Å². The number of carbonyl (C=O) groups excluding carboxylic acids is 1. The number of ether oxygens (including phenoxy) is 1. The fourth-order valence-corrected chi connectivity index (χ4v) is 5.53. The number of nitrogens with zero attached hydrogens (tertiary/aromatic N) is 3. The van der Waals surface area contributed by atoms with E-state index in [9.17, 15) is 9.59 Å². The molecule has 1 unspecified atom stereocenters. The number of amides is 1. The number of nitrogens with one attached hydrogen (secondary N) is 1. The molecule has 0 saturated carbocycles. The monoisotopic (exact) mass is 500 g/mol. The molecule has 2 fully saturated rings. The van der Waals surface area contributed by atoms with Gasteiger partial charge in [-0.05, 0) is 43.9 Å². The summed E-state index contributed by atoms with van der Waals surface area (Å²) in [6.45, 7) is 6.05. The molecule has 0 spiro atoms. The minimum Gasteiger partial charge on any atom is -0.376 e. The number of hydrogen-bond donors (Lipinski definition) is 1. The lowest BCUT2D eigenvalue weighted by Crippen LogP contribution is -2.29. The maximum Gasteiger partial charge on any atom is 0.267 e. The number of unbranched alkanes of at least 4 members (excludes halogenated alkanes) is 4. The number of aromatic nitrogens is 2. The fraction of sp³-hybridized carbons (Fsp3) is 0.520. The molecular weight excluding hydrogens is 468 g/mol. The summed E-state index contributed by atoms with van der Waals surface area (Å²) in [6.07, 6.45) is 11.1. The van der Waals surface area contributed by atoms with Gasteiger partial charge in [-0.2, -0.15) is 0 Å². The molecule has 0 radical (unpaired) electrons. The summed E-state index contributed by atoms with van der Waals surface area (Å²) in [5.41, 5.74) is 1.66. The Morgan fingerprint density at radius 2 is 2.09 bits per heavy atom. The molecule has 7 nitrogen and oxygen atoms in total. The van der Waals surface area contributed by atoms with E-state index in [-0.39, 0.29) is 17.6 Å². The van der Waals surface area contributed by atoms with Gasteiger partial charge < -0.3 is 10.1 Å². The van der Waals surface area contributed by atoms with E-state index < -0.39 is 0 Å². The van der Waals surface area contributed by atoms with Gasteiger partial charge in [-0.1, -0.05) is 62.7 Å². The van der Waals surface area contributed by atoms with Crippen molar-refractivity contribution in [3.63, 3.8) is 0 Å². The first-order chi connectivity index (χ1) is 16.5. The summed E-state index contributed by atoms with van der Waals surface area (Å²) >= 11 is 6.75. The second-order valence-electron chi connectivity index (χ2n) is 8.88. The Kier molecular flexibility index (Phi) is 8.39. The quantitative estimate of drug-likeness (QED) is 0.286. The van der Waals surface area contributed by atoms with Gasteiger partial charge in [0, 0.05) is 25.9 Å². The van der Waals surface area contributed by atoms with Crippen LogP contribution in [0.2, 0.25) is 0 Å². The van der Waals surface area contributed by atoms with Crippen LogP contribution in [0.5, 0.6) is 0 Å². The third kappa shape index (κ3) is 5.70. The van der Waals surface area contributed by atoms with Crippen LogP contribution in [0.4, 0.5) is 5.82 Å². The first-order valence-corrected chi connectivity index (χ1v) is 13.3. The van der Waals surface area contributed by atoms with Crippen molar-refractivity contribution in [2.45, 2.75) is 64.9 Å². The zero-order valence-electron chi connectivity index (χ0n) is 19.8. The molecule has 9 heteroatoms. The Morgan fingerprint density at radius 3 is 2.85 bits per heavy atom. The molecule has 2 saturated heterocycles. The number of hydrogen-bond acceptors (Lipinski definition) is 7. The van der Waals surface area contributed by atoms with Crippen LogP contribution < -0.4 is 10.9 Å². The minimum atomic E-state index is -0.214. The lowest BCUT2D eigenvalue weighted by atomic mass is 10.1. The van der Waals surface area contributed by atoms with Crippen molar-refractivity contribution < 1.29 is 9.53 Å². The van der Waals surface area contributed by atoms with Gasteiger partial charge in [0.25, 0.3) is 11.5 Å². The van der Waals surface area contributed by atoms with Crippen molar-refractivity contribution in [3.05, 3.63) is 44.7 Å². The minimum absolute atomic E-state index is 0.0945. The van der Waals surface area contributed by atoms with Crippen LogP contribution in [-0.4, -0.2) is 50.3 Å². The number of rotatable bonds is 10. The average Bonchev–Trinajstić information content (AvgIpc) is 3.43. The van der Waals surface area contributed by atoms with E-state index in [4.69, 9.17) is 21.9 Å². The second kappa shape index (κ2) is 11.5. The molecule has 4 heterocycles. The number of thioether (sulfide) groups is 1. The Hall–Kier alpha value is -2.23. The molecular formula is C25H32N4O3S2. The second-order valence-corrected chi connectivity index (χ2v) is 10.6. The normalized spacial score (nSPS) is 19.6. The molecule has 2 aromatic rings. The van der Waals surface area contributed by atoms with Crippen LogP contribution in [0.15, 0.2) is 28.0 Å². The lowest BCUT2D eigenvalue weighted by molar-refractivity contribution is -0.122. The first-order valence-electron chi connectivity index (χ1n) is 12.1. The maximum atomic E-state index is 13.5. The topological polar surface area (TPSA) is 75.9 Å². The van der Waals surface area contributed by atoms with E-state index in [0.717, 1.165) is 37.9 Å². The van der Waals surface area contributed by atoms with Crippen LogP contribution in [-0.2, 0) is 9.53 Å². The molecule has 1 N–H and O–H groups in total. The third-order valence-corrected chi connectivity index (χ3v) is 7.54. The standard InChI is InChI=1S/C25H32N4O3S2/c1-3-4-5-6-7-12-28-24(31)20(34-25(28)33)14-19-22(26-15-18-9-8-13-32-18)27-21-11-10-17(2)16-29(21)23(19)30/h10-11,14,16,18,26H,3-9,12-13,15H2,1-2H3/b20-14+. The van der Waals surface area contributed by atoms with Crippen molar-refractivity contribution in [1.29, 1.82) is 0 Å².